The lowest BCUT2D eigenvalue weighted by molar-refractivity contribution is -0.148. The molecule has 1 aliphatic heterocycles. The van der Waals surface area contributed by atoms with Crippen molar-refractivity contribution in [3.8, 4) is 0 Å². The third kappa shape index (κ3) is 3.31. The number of carboxylic acids is 1. The number of nitrogens with zero attached hydrogens (tertiary/aromatic N) is 2. The zero-order valence-electron chi connectivity index (χ0n) is 13.1. The molecule has 21 heavy (non-hydrogen) atoms. The summed E-state index contributed by atoms with van der Waals surface area (Å²) in [6.07, 6.45) is 4.28. The van der Waals surface area contributed by atoms with Gasteiger partial charge in [-0.25, -0.2) is 9.59 Å². The van der Waals surface area contributed by atoms with E-state index in [1.54, 1.807) is 0 Å². The summed E-state index contributed by atoms with van der Waals surface area (Å²) in [4.78, 5) is 27.8. The van der Waals surface area contributed by atoms with Crippen LogP contribution in [0.4, 0.5) is 4.79 Å². The first-order valence-corrected chi connectivity index (χ1v) is 8.08. The Morgan fingerprint density at radius 3 is 2.62 bits per heavy atom. The van der Waals surface area contributed by atoms with E-state index in [9.17, 15) is 14.7 Å². The lowest BCUT2D eigenvalue weighted by Crippen LogP contribution is -2.56. The molecular formula is C15H27N3O3. The molecule has 1 heterocycles. The molecule has 1 unspecified atom stereocenters. The Morgan fingerprint density at radius 1 is 1.38 bits per heavy atom. The number of urea groups is 1. The molecule has 1 atom stereocenters. The van der Waals surface area contributed by atoms with Crippen LogP contribution in [0.2, 0.25) is 0 Å². The lowest BCUT2D eigenvalue weighted by Gasteiger charge is -2.34. The van der Waals surface area contributed by atoms with Gasteiger partial charge >= 0.3 is 12.0 Å². The molecular weight excluding hydrogens is 270 g/mol. The van der Waals surface area contributed by atoms with Crippen molar-refractivity contribution in [3.63, 3.8) is 0 Å². The molecule has 2 rings (SSSR count). The van der Waals surface area contributed by atoms with E-state index in [1.165, 1.54) is 17.7 Å². The summed E-state index contributed by atoms with van der Waals surface area (Å²) in [6, 6.07) is 0.455. The molecule has 2 fully saturated rings. The Morgan fingerprint density at radius 2 is 2.10 bits per heavy atom. The van der Waals surface area contributed by atoms with Crippen LogP contribution in [0.1, 0.15) is 46.0 Å². The largest absolute Gasteiger partial charge is 0.479 e. The number of rotatable bonds is 7. The van der Waals surface area contributed by atoms with Gasteiger partial charge in [-0.15, -0.1) is 0 Å². The summed E-state index contributed by atoms with van der Waals surface area (Å²) in [6.45, 7) is 6.93. The smallest absolute Gasteiger partial charge is 0.329 e. The molecule has 120 valence electrons. The van der Waals surface area contributed by atoms with Crippen LogP contribution >= 0.6 is 0 Å². The fraction of sp³-hybridized carbons (Fsp3) is 0.867. The Hall–Kier alpha value is -1.30. The van der Waals surface area contributed by atoms with E-state index in [1.807, 2.05) is 6.92 Å². The molecule has 0 aromatic heterocycles. The Bertz CT molecular complexity index is 398. The van der Waals surface area contributed by atoms with E-state index in [-0.39, 0.29) is 6.03 Å². The standard InChI is InChI=1S/C15H27N3O3/c1-3-15(13(19)20)8-5-10-18(15)14(21)16-9-11-17(4-2)12-6-7-12/h12H,3-11H2,1-2H3,(H,16,21)(H,19,20). The minimum Gasteiger partial charge on any atom is -0.479 e. The van der Waals surface area contributed by atoms with Gasteiger partial charge in [0.05, 0.1) is 0 Å². The second kappa shape index (κ2) is 6.64. The van der Waals surface area contributed by atoms with E-state index in [0.717, 1.165) is 19.5 Å². The van der Waals surface area contributed by atoms with Crippen LogP contribution in [-0.2, 0) is 4.79 Å². The van der Waals surface area contributed by atoms with Crippen LogP contribution in [0, 0.1) is 0 Å². The minimum atomic E-state index is -1.01. The number of carbonyl (C=O) groups excluding carboxylic acids is 1. The van der Waals surface area contributed by atoms with Crippen molar-refractivity contribution in [3.05, 3.63) is 0 Å². The Balaban J connectivity index is 1.85. The Labute approximate surface area is 126 Å². The van der Waals surface area contributed by atoms with Gasteiger partial charge in [0.15, 0.2) is 0 Å². The first-order valence-electron chi connectivity index (χ1n) is 8.08. The summed E-state index contributed by atoms with van der Waals surface area (Å²) in [7, 11) is 0. The SMILES string of the molecule is CCN(CCNC(=O)N1CCCC1(CC)C(=O)O)C1CC1. The molecule has 6 heteroatoms. The highest BCUT2D eigenvalue weighted by Crippen LogP contribution is 2.32. The average Bonchev–Trinajstić information content (AvgIpc) is 3.20. The summed E-state index contributed by atoms with van der Waals surface area (Å²) in [5.74, 6) is -0.884. The van der Waals surface area contributed by atoms with Crippen LogP contribution in [0.3, 0.4) is 0 Å². The van der Waals surface area contributed by atoms with Crippen molar-refractivity contribution in [1.29, 1.82) is 0 Å². The van der Waals surface area contributed by atoms with E-state index >= 15 is 0 Å². The Kier molecular flexibility index (Phi) is 5.08. The topological polar surface area (TPSA) is 72.9 Å². The van der Waals surface area contributed by atoms with Gasteiger partial charge in [-0.1, -0.05) is 13.8 Å². The quantitative estimate of drug-likeness (QED) is 0.747. The van der Waals surface area contributed by atoms with Crippen LogP contribution in [0.25, 0.3) is 0 Å². The lowest BCUT2D eigenvalue weighted by atomic mass is 9.93. The highest BCUT2D eigenvalue weighted by molar-refractivity contribution is 5.87. The van der Waals surface area contributed by atoms with Crippen LogP contribution in [0.5, 0.6) is 0 Å². The number of nitrogens with one attached hydrogen (secondary N) is 1. The van der Waals surface area contributed by atoms with Gasteiger partial charge in [-0.05, 0) is 38.6 Å². The van der Waals surface area contributed by atoms with Gasteiger partial charge < -0.3 is 15.3 Å². The van der Waals surface area contributed by atoms with Gasteiger partial charge in [-0.3, -0.25) is 4.90 Å². The number of amides is 2. The first kappa shape index (κ1) is 16.1. The predicted molar refractivity (Wildman–Crippen MR) is 80.3 cm³/mol. The molecule has 0 spiro atoms. The summed E-state index contributed by atoms with van der Waals surface area (Å²) in [5.41, 5.74) is -1.01. The van der Waals surface area contributed by atoms with E-state index in [2.05, 4.69) is 17.1 Å². The number of hydrogen-bond acceptors (Lipinski definition) is 3. The van der Waals surface area contributed by atoms with E-state index < -0.39 is 11.5 Å². The van der Waals surface area contributed by atoms with E-state index in [0.29, 0.717) is 32.0 Å². The molecule has 2 amide bonds. The van der Waals surface area contributed by atoms with Gasteiger partial charge in [0.2, 0.25) is 0 Å². The number of carbonyl (C=O) groups is 2. The molecule has 2 N–H and O–H groups in total. The zero-order chi connectivity index (χ0) is 15.5. The van der Waals surface area contributed by atoms with Crippen molar-refractivity contribution in [2.24, 2.45) is 0 Å². The van der Waals surface area contributed by atoms with Gasteiger partial charge in [0.25, 0.3) is 0 Å². The molecule has 2 aliphatic rings. The third-order valence-electron chi connectivity index (χ3n) is 4.86. The molecule has 0 bridgehead atoms. The maximum absolute atomic E-state index is 12.3. The van der Waals surface area contributed by atoms with Gasteiger partial charge in [-0.2, -0.15) is 0 Å². The van der Waals surface area contributed by atoms with Crippen molar-refractivity contribution in [2.75, 3.05) is 26.2 Å². The fourth-order valence-electron chi connectivity index (χ4n) is 3.36. The second-order valence-corrected chi connectivity index (χ2v) is 6.04. The van der Waals surface area contributed by atoms with Crippen molar-refractivity contribution < 1.29 is 14.7 Å². The first-order chi connectivity index (χ1) is 10.0. The highest BCUT2D eigenvalue weighted by Gasteiger charge is 2.48. The van der Waals surface area contributed by atoms with E-state index in [4.69, 9.17) is 0 Å². The minimum absolute atomic E-state index is 0.233. The summed E-state index contributed by atoms with van der Waals surface area (Å²) >= 11 is 0. The van der Waals surface area contributed by atoms with Crippen LogP contribution < -0.4 is 5.32 Å². The molecule has 0 aromatic carbocycles. The van der Waals surface area contributed by atoms with Crippen molar-refractivity contribution in [2.45, 2.75) is 57.5 Å². The highest BCUT2D eigenvalue weighted by atomic mass is 16.4. The third-order valence-corrected chi connectivity index (χ3v) is 4.86. The fourth-order valence-corrected chi connectivity index (χ4v) is 3.36. The number of aliphatic carboxylic acids is 1. The number of carboxylic acid groups (broad SMARTS) is 1. The zero-order valence-corrected chi connectivity index (χ0v) is 13.1. The number of hydrogen-bond donors (Lipinski definition) is 2. The second-order valence-electron chi connectivity index (χ2n) is 6.04. The molecule has 1 aliphatic carbocycles. The number of likely N-dealkylation sites (tertiary alicyclic amines) is 1. The average molecular weight is 297 g/mol. The maximum Gasteiger partial charge on any atom is 0.329 e. The number of likely N-dealkylation sites (N-methyl/N-ethyl adjacent to an activating group) is 1. The molecule has 1 saturated carbocycles. The van der Waals surface area contributed by atoms with Gasteiger partial charge in [0, 0.05) is 25.7 Å². The van der Waals surface area contributed by atoms with Crippen molar-refractivity contribution in [1.82, 2.24) is 15.1 Å². The summed E-state index contributed by atoms with van der Waals surface area (Å²) in [5, 5.41) is 12.4. The van der Waals surface area contributed by atoms with Gasteiger partial charge in [0.1, 0.15) is 5.54 Å². The van der Waals surface area contributed by atoms with Crippen molar-refractivity contribution >= 4 is 12.0 Å². The molecule has 6 nitrogen and oxygen atoms in total. The summed E-state index contributed by atoms with van der Waals surface area (Å²) < 4.78 is 0. The molecule has 0 aromatic rings. The van der Waals surface area contributed by atoms with Crippen LogP contribution in [-0.4, -0.2) is 64.7 Å². The molecule has 1 saturated heterocycles. The molecule has 0 radical (unpaired) electrons. The normalized spacial score (nSPS) is 25.4. The maximum atomic E-state index is 12.3. The predicted octanol–water partition coefficient (Wildman–Crippen LogP) is 1.51. The van der Waals surface area contributed by atoms with Crippen LogP contribution in [0.15, 0.2) is 0 Å². The monoisotopic (exact) mass is 297 g/mol.